The van der Waals surface area contributed by atoms with Crippen molar-refractivity contribution in [1.29, 1.82) is 0 Å². The van der Waals surface area contributed by atoms with E-state index in [2.05, 4.69) is 61.1 Å². The highest BCUT2D eigenvalue weighted by atomic mass is 16.5. The summed E-state index contributed by atoms with van der Waals surface area (Å²) in [6.07, 6.45) is 9.82. The van der Waals surface area contributed by atoms with E-state index in [-0.39, 0.29) is 5.91 Å². The maximum atomic E-state index is 12.2. The zero-order valence-electron chi connectivity index (χ0n) is 23.3. The van der Waals surface area contributed by atoms with Gasteiger partial charge in [-0.1, -0.05) is 6.58 Å². The average molecular weight is 548 g/mol. The number of nitrogens with zero attached hydrogens (tertiary/aromatic N) is 7. The molecule has 12 nitrogen and oxygen atoms in total. The number of likely N-dealkylation sites (tertiary alicyclic amines) is 1. The number of morpholine rings is 1. The topological polar surface area (TPSA) is 113 Å². The van der Waals surface area contributed by atoms with E-state index < -0.39 is 0 Å². The van der Waals surface area contributed by atoms with E-state index in [1.807, 2.05) is 18.5 Å². The van der Waals surface area contributed by atoms with Gasteiger partial charge in [0, 0.05) is 50.5 Å². The fourth-order valence-corrected chi connectivity index (χ4v) is 5.10. The molecule has 5 rings (SSSR count). The van der Waals surface area contributed by atoms with Crippen molar-refractivity contribution in [1.82, 2.24) is 29.5 Å². The Hall–Kier alpha value is -4.00. The lowest BCUT2D eigenvalue weighted by Crippen LogP contribution is -2.37. The summed E-state index contributed by atoms with van der Waals surface area (Å²) >= 11 is 0. The molecule has 0 spiro atoms. The number of likely N-dealkylation sites (N-methyl/N-ethyl adjacent to an activating group) is 1. The third-order valence-electron chi connectivity index (χ3n) is 7.29. The van der Waals surface area contributed by atoms with Crippen LogP contribution in [0, 0.1) is 0 Å². The number of methoxy groups -OCH3 is 1. The maximum absolute atomic E-state index is 12.2. The highest BCUT2D eigenvalue weighted by Crippen LogP contribution is 2.43. The number of carbonyl (C=O) groups is 1. The molecule has 2 aliphatic heterocycles. The average Bonchev–Trinajstić information content (AvgIpc) is 3.64. The van der Waals surface area contributed by atoms with Crippen molar-refractivity contribution < 1.29 is 14.3 Å². The van der Waals surface area contributed by atoms with Crippen molar-refractivity contribution in [2.45, 2.75) is 19.0 Å². The van der Waals surface area contributed by atoms with Gasteiger partial charge in [-0.3, -0.25) is 9.69 Å². The van der Waals surface area contributed by atoms with Crippen molar-refractivity contribution in [2.75, 3.05) is 76.1 Å². The zero-order chi connectivity index (χ0) is 28.1. The predicted molar refractivity (Wildman–Crippen MR) is 155 cm³/mol. The lowest BCUT2D eigenvalue weighted by Gasteiger charge is -2.32. The molecule has 0 unspecified atom stereocenters. The molecule has 2 saturated heterocycles. The van der Waals surface area contributed by atoms with Crippen LogP contribution in [0.5, 0.6) is 5.75 Å². The summed E-state index contributed by atoms with van der Waals surface area (Å²) in [6.45, 7) is 9.08. The Labute approximate surface area is 234 Å². The Morgan fingerprint density at radius 1 is 1.20 bits per heavy atom. The molecule has 4 heterocycles. The first-order valence-electron chi connectivity index (χ1n) is 13.4. The summed E-state index contributed by atoms with van der Waals surface area (Å²) in [6, 6.07) is 4.22. The zero-order valence-corrected chi connectivity index (χ0v) is 23.3. The van der Waals surface area contributed by atoms with Crippen LogP contribution in [0.1, 0.15) is 12.0 Å². The standard InChI is InChI=1S/C28H37N9O3/c1-5-25(38)32-23-6-7-24(39-4)26(27(23)36-10-12-40-13-11-36)33-28-29-15-22(16-30-28)37-18-20(14-31-37)17-35-9-8-21(19-35)34(2)3/h5-7,14-16,18,21H,1,8-13,17,19H2,2-4H3,(H,32,38)(H,29,30,33)/t21-/m0/s1. The Bertz CT molecular complexity index is 1320. The molecule has 2 aromatic heterocycles. The quantitative estimate of drug-likeness (QED) is 0.367. The third kappa shape index (κ3) is 6.24. The molecule has 2 aliphatic rings. The van der Waals surface area contributed by atoms with Gasteiger partial charge >= 0.3 is 0 Å². The lowest BCUT2D eigenvalue weighted by atomic mass is 10.1. The highest BCUT2D eigenvalue weighted by Gasteiger charge is 2.25. The Morgan fingerprint density at radius 3 is 2.65 bits per heavy atom. The van der Waals surface area contributed by atoms with Crippen LogP contribution in [0.4, 0.5) is 23.0 Å². The normalized spacial score (nSPS) is 17.7. The largest absolute Gasteiger partial charge is 0.494 e. The number of rotatable bonds is 10. The van der Waals surface area contributed by atoms with Crippen LogP contribution < -0.4 is 20.3 Å². The molecule has 2 N–H and O–H groups in total. The van der Waals surface area contributed by atoms with Crippen LogP contribution >= 0.6 is 0 Å². The van der Waals surface area contributed by atoms with Crippen LogP contribution in [-0.2, 0) is 16.1 Å². The minimum Gasteiger partial charge on any atom is -0.494 e. The summed E-state index contributed by atoms with van der Waals surface area (Å²) in [7, 11) is 5.89. The fraction of sp³-hybridized carbons (Fsp3) is 0.429. The molecule has 1 amide bonds. The first-order valence-corrected chi connectivity index (χ1v) is 13.4. The van der Waals surface area contributed by atoms with Crippen LogP contribution in [-0.4, -0.2) is 102 Å². The van der Waals surface area contributed by atoms with Gasteiger partial charge in [0.2, 0.25) is 11.9 Å². The van der Waals surface area contributed by atoms with Gasteiger partial charge in [0.25, 0.3) is 0 Å². The van der Waals surface area contributed by atoms with Gasteiger partial charge < -0.3 is 29.9 Å². The van der Waals surface area contributed by atoms with Crippen LogP contribution in [0.3, 0.4) is 0 Å². The summed E-state index contributed by atoms with van der Waals surface area (Å²) in [5.74, 6) is 0.691. The molecule has 3 aromatic rings. The smallest absolute Gasteiger partial charge is 0.247 e. The van der Waals surface area contributed by atoms with Crippen molar-refractivity contribution >= 4 is 28.9 Å². The van der Waals surface area contributed by atoms with E-state index in [0.29, 0.717) is 55.4 Å². The van der Waals surface area contributed by atoms with Crippen molar-refractivity contribution in [3.63, 3.8) is 0 Å². The van der Waals surface area contributed by atoms with E-state index in [4.69, 9.17) is 9.47 Å². The minimum atomic E-state index is -0.299. The van der Waals surface area contributed by atoms with Gasteiger partial charge in [-0.25, -0.2) is 14.6 Å². The molecule has 40 heavy (non-hydrogen) atoms. The second-order valence-corrected chi connectivity index (χ2v) is 10.2. The van der Waals surface area contributed by atoms with E-state index >= 15 is 0 Å². The van der Waals surface area contributed by atoms with Crippen molar-refractivity contribution in [2.24, 2.45) is 0 Å². The number of nitrogens with one attached hydrogen (secondary N) is 2. The number of amides is 1. The van der Waals surface area contributed by atoms with Crippen molar-refractivity contribution in [3.05, 3.63) is 55.1 Å². The molecule has 1 atom stereocenters. The van der Waals surface area contributed by atoms with Crippen LogP contribution in [0.25, 0.3) is 5.69 Å². The Balaban J connectivity index is 1.35. The molecular formula is C28H37N9O3. The van der Waals surface area contributed by atoms with Gasteiger partial charge in [-0.2, -0.15) is 5.10 Å². The molecular weight excluding hydrogens is 510 g/mol. The number of ether oxygens (including phenoxy) is 2. The van der Waals surface area contributed by atoms with E-state index in [1.54, 1.807) is 30.3 Å². The lowest BCUT2D eigenvalue weighted by molar-refractivity contribution is -0.111. The van der Waals surface area contributed by atoms with Gasteiger partial charge in [-0.05, 0) is 38.7 Å². The molecule has 2 fully saturated rings. The Kier molecular flexibility index (Phi) is 8.58. The summed E-state index contributed by atoms with van der Waals surface area (Å²) in [5, 5.41) is 10.8. The number of hydrogen-bond acceptors (Lipinski definition) is 10. The second kappa shape index (κ2) is 12.5. The monoisotopic (exact) mass is 547 g/mol. The highest BCUT2D eigenvalue weighted by molar-refractivity contribution is 6.03. The van der Waals surface area contributed by atoms with E-state index in [0.717, 1.165) is 36.6 Å². The first-order chi connectivity index (χ1) is 19.4. The number of hydrogen-bond donors (Lipinski definition) is 2. The summed E-state index contributed by atoms with van der Waals surface area (Å²) in [4.78, 5) is 28.2. The third-order valence-corrected chi connectivity index (χ3v) is 7.29. The second-order valence-electron chi connectivity index (χ2n) is 10.2. The molecule has 1 aromatic carbocycles. The molecule has 12 heteroatoms. The van der Waals surface area contributed by atoms with Gasteiger partial charge in [0.15, 0.2) is 0 Å². The van der Waals surface area contributed by atoms with Crippen LogP contribution in [0.2, 0.25) is 0 Å². The van der Waals surface area contributed by atoms with Gasteiger partial charge in [-0.15, -0.1) is 0 Å². The summed E-state index contributed by atoms with van der Waals surface area (Å²) in [5.41, 5.74) is 3.98. The number of anilines is 4. The van der Waals surface area contributed by atoms with E-state index in [1.165, 1.54) is 12.5 Å². The van der Waals surface area contributed by atoms with Crippen molar-refractivity contribution in [3.8, 4) is 11.4 Å². The fourth-order valence-electron chi connectivity index (χ4n) is 5.10. The molecule has 212 valence electrons. The van der Waals surface area contributed by atoms with E-state index in [9.17, 15) is 4.79 Å². The van der Waals surface area contributed by atoms with Gasteiger partial charge in [0.1, 0.15) is 17.1 Å². The Morgan fingerprint density at radius 2 is 1.98 bits per heavy atom. The first kappa shape index (κ1) is 27.6. The minimum absolute atomic E-state index is 0.299. The number of benzene rings is 1. The van der Waals surface area contributed by atoms with Gasteiger partial charge in [0.05, 0.1) is 50.3 Å². The van der Waals surface area contributed by atoms with Crippen LogP contribution in [0.15, 0.2) is 49.6 Å². The molecule has 0 bridgehead atoms. The summed E-state index contributed by atoms with van der Waals surface area (Å²) < 4.78 is 13.0. The number of aromatic nitrogens is 4. The molecule has 0 aliphatic carbocycles. The molecule has 0 saturated carbocycles. The number of carbonyl (C=O) groups excluding carboxylic acids is 1. The predicted octanol–water partition coefficient (Wildman–Crippen LogP) is 2.51. The maximum Gasteiger partial charge on any atom is 0.247 e. The molecule has 0 radical (unpaired) electrons. The SMILES string of the molecule is C=CC(=O)Nc1ccc(OC)c(Nc2ncc(-n3cc(CN4CC[C@H](N(C)C)C4)cn3)cn2)c1N1CCOCC1.